The summed E-state index contributed by atoms with van der Waals surface area (Å²) in [5.74, 6) is 0. The van der Waals surface area contributed by atoms with Crippen LogP contribution in [0, 0.1) is 0 Å². The average Bonchev–Trinajstić information content (AvgIpc) is 2.99. The Morgan fingerprint density at radius 3 is 2.71 bits per heavy atom. The van der Waals surface area contributed by atoms with Crippen LogP contribution in [-0.4, -0.2) is 0 Å². The SMILES string of the molecule is FC(F)(F)c1cccc(CNCc2cc3c(s2)CCC3)c1. The van der Waals surface area contributed by atoms with Gasteiger partial charge in [-0.15, -0.1) is 11.3 Å². The first-order valence-corrected chi connectivity index (χ1v) is 7.81. The van der Waals surface area contributed by atoms with Crippen LogP contribution in [0.4, 0.5) is 13.2 Å². The molecule has 0 aliphatic heterocycles. The molecule has 1 aliphatic carbocycles. The van der Waals surface area contributed by atoms with Crippen LogP contribution in [0.3, 0.4) is 0 Å². The monoisotopic (exact) mass is 311 g/mol. The molecular weight excluding hydrogens is 295 g/mol. The maximum Gasteiger partial charge on any atom is 0.416 e. The molecule has 1 aromatic heterocycles. The molecule has 2 aromatic rings. The number of fused-ring (bicyclic) bond motifs is 1. The summed E-state index contributed by atoms with van der Waals surface area (Å²) in [4.78, 5) is 2.75. The number of rotatable bonds is 4. The number of thiophene rings is 1. The van der Waals surface area contributed by atoms with E-state index in [2.05, 4.69) is 11.4 Å². The molecule has 1 N–H and O–H groups in total. The Balaban J connectivity index is 1.57. The maximum atomic E-state index is 12.6. The topological polar surface area (TPSA) is 12.0 Å². The molecule has 1 aromatic carbocycles. The van der Waals surface area contributed by atoms with Gasteiger partial charge in [0.05, 0.1) is 5.56 Å². The van der Waals surface area contributed by atoms with Crippen LogP contribution in [0.5, 0.6) is 0 Å². The van der Waals surface area contributed by atoms with Crippen LogP contribution >= 0.6 is 11.3 Å². The predicted octanol–water partition coefficient (Wildman–Crippen LogP) is 4.55. The van der Waals surface area contributed by atoms with Crippen LogP contribution in [0.1, 0.15) is 32.9 Å². The molecule has 0 fully saturated rings. The van der Waals surface area contributed by atoms with Gasteiger partial charge >= 0.3 is 6.18 Å². The van der Waals surface area contributed by atoms with Gasteiger partial charge < -0.3 is 5.32 Å². The zero-order chi connectivity index (χ0) is 14.9. The van der Waals surface area contributed by atoms with E-state index in [1.54, 1.807) is 6.07 Å². The second-order valence-electron chi connectivity index (χ2n) is 5.32. The lowest BCUT2D eigenvalue weighted by Gasteiger charge is -2.09. The van der Waals surface area contributed by atoms with E-state index < -0.39 is 11.7 Å². The normalized spacial score (nSPS) is 14.4. The average molecular weight is 311 g/mol. The number of benzene rings is 1. The van der Waals surface area contributed by atoms with Crippen molar-refractivity contribution in [2.24, 2.45) is 0 Å². The molecule has 0 amide bonds. The third-order valence-electron chi connectivity index (χ3n) is 3.68. The van der Waals surface area contributed by atoms with E-state index in [1.807, 2.05) is 11.3 Å². The quantitative estimate of drug-likeness (QED) is 0.874. The summed E-state index contributed by atoms with van der Waals surface area (Å²) in [6.45, 7) is 1.17. The van der Waals surface area contributed by atoms with Crippen LogP contribution in [0.15, 0.2) is 30.3 Å². The number of alkyl halides is 3. The molecule has 0 radical (unpaired) electrons. The highest BCUT2D eigenvalue weighted by Gasteiger charge is 2.30. The fourth-order valence-corrected chi connectivity index (χ4v) is 3.90. The van der Waals surface area contributed by atoms with Crippen molar-refractivity contribution < 1.29 is 13.2 Å². The fraction of sp³-hybridized carbons (Fsp3) is 0.375. The predicted molar refractivity (Wildman–Crippen MR) is 78.3 cm³/mol. The van der Waals surface area contributed by atoms with E-state index in [4.69, 9.17) is 0 Å². The molecule has 0 spiro atoms. The Labute approximate surface area is 125 Å². The molecular formula is C16H16F3NS. The molecule has 112 valence electrons. The number of nitrogens with one attached hydrogen (secondary N) is 1. The smallest absolute Gasteiger partial charge is 0.308 e. The van der Waals surface area contributed by atoms with Crippen molar-refractivity contribution in [2.75, 3.05) is 0 Å². The van der Waals surface area contributed by atoms with Crippen LogP contribution < -0.4 is 5.32 Å². The summed E-state index contributed by atoms with van der Waals surface area (Å²) < 4.78 is 37.9. The van der Waals surface area contributed by atoms with E-state index in [0.717, 1.165) is 6.07 Å². The highest BCUT2D eigenvalue weighted by Crippen LogP contribution is 2.31. The number of halogens is 3. The van der Waals surface area contributed by atoms with Crippen molar-refractivity contribution >= 4 is 11.3 Å². The van der Waals surface area contributed by atoms with Crippen molar-refractivity contribution in [3.05, 3.63) is 56.8 Å². The number of hydrogen-bond acceptors (Lipinski definition) is 2. The first kappa shape index (κ1) is 14.6. The molecule has 0 atom stereocenters. The second-order valence-corrected chi connectivity index (χ2v) is 6.54. The fourth-order valence-electron chi connectivity index (χ4n) is 2.67. The van der Waals surface area contributed by atoms with Gasteiger partial charge in [0.25, 0.3) is 0 Å². The van der Waals surface area contributed by atoms with Gasteiger partial charge in [-0.2, -0.15) is 13.2 Å². The largest absolute Gasteiger partial charge is 0.416 e. The van der Waals surface area contributed by atoms with E-state index in [-0.39, 0.29) is 0 Å². The molecule has 3 rings (SSSR count). The van der Waals surface area contributed by atoms with Gasteiger partial charge in [0.1, 0.15) is 0 Å². The van der Waals surface area contributed by atoms with Gasteiger partial charge in [0.15, 0.2) is 0 Å². The maximum absolute atomic E-state index is 12.6. The summed E-state index contributed by atoms with van der Waals surface area (Å²) in [5.41, 5.74) is 1.53. The highest BCUT2D eigenvalue weighted by molar-refractivity contribution is 7.12. The Hall–Kier alpha value is -1.33. The number of aryl methyl sites for hydroxylation is 2. The molecule has 1 heterocycles. The summed E-state index contributed by atoms with van der Waals surface area (Å²) in [7, 11) is 0. The summed E-state index contributed by atoms with van der Waals surface area (Å²) in [5, 5.41) is 3.23. The first-order chi connectivity index (χ1) is 10.0. The van der Waals surface area contributed by atoms with Crippen molar-refractivity contribution in [2.45, 2.75) is 38.5 Å². The van der Waals surface area contributed by atoms with Crippen molar-refractivity contribution in [3.63, 3.8) is 0 Å². The Morgan fingerprint density at radius 1 is 1.10 bits per heavy atom. The molecule has 0 bridgehead atoms. The molecule has 0 saturated heterocycles. The minimum absolute atomic E-state index is 0.451. The lowest BCUT2D eigenvalue weighted by molar-refractivity contribution is -0.137. The van der Waals surface area contributed by atoms with E-state index in [0.29, 0.717) is 18.7 Å². The van der Waals surface area contributed by atoms with E-state index in [9.17, 15) is 13.2 Å². The lowest BCUT2D eigenvalue weighted by atomic mass is 10.1. The van der Waals surface area contributed by atoms with Gasteiger partial charge in [0, 0.05) is 22.8 Å². The van der Waals surface area contributed by atoms with Crippen LogP contribution in [-0.2, 0) is 32.1 Å². The van der Waals surface area contributed by atoms with Gasteiger partial charge in [-0.05, 0) is 42.5 Å². The minimum Gasteiger partial charge on any atom is -0.308 e. The zero-order valence-corrected chi connectivity index (χ0v) is 12.3. The second kappa shape index (κ2) is 5.81. The lowest BCUT2D eigenvalue weighted by Crippen LogP contribution is -2.13. The first-order valence-electron chi connectivity index (χ1n) is 7.00. The highest BCUT2D eigenvalue weighted by atomic mass is 32.1. The van der Waals surface area contributed by atoms with Gasteiger partial charge in [-0.3, -0.25) is 0 Å². The summed E-state index contributed by atoms with van der Waals surface area (Å²) in [6.07, 6.45) is -0.684. The van der Waals surface area contributed by atoms with E-state index >= 15 is 0 Å². The van der Waals surface area contributed by atoms with E-state index in [1.165, 1.54) is 46.7 Å². The Bertz CT molecular complexity index is 609. The van der Waals surface area contributed by atoms with Gasteiger partial charge in [-0.25, -0.2) is 0 Å². The summed E-state index contributed by atoms with van der Waals surface area (Å²) in [6, 6.07) is 7.72. The van der Waals surface area contributed by atoms with Crippen molar-refractivity contribution in [3.8, 4) is 0 Å². The molecule has 21 heavy (non-hydrogen) atoms. The van der Waals surface area contributed by atoms with Crippen molar-refractivity contribution in [1.29, 1.82) is 0 Å². The minimum atomic E-state index is -4.27. The standard InChI is InChI=1S/C16H16F3NS/c17-16(18,19)13-5-1-3-11(7-13)9-20-10-14-8-12-4-2-6-15(12)21-14/h1,3,5,7-8,20H,2,4,6,9-10H2. The molecule has 5 heteroatoms. The third-order valence-corrected chi connectivity index (χ3v) is 4.92. The van der Waals surface area contributed by atoms with Gasteiger partial charge in [-0.1, -0.05) is 18.2 Å². The van der Waals surface area contributed by atoms with Crippen molar-refractivity contribution in [1.82, 2.24) is 5.32 Å². The molecule has 1 aliphatic rings. The Kier molecular flexibility index (Phi) is 4.04. The van der Waals surface area contributed by atoms with Gasteiger partial charge in [0.2, 0.25) is 0 Å². The summed E-state index contributed by atoms with van der Waals surface area (Å²) >= 11 is 1.82. The molecule has 0 unspecified atom stereocenters. The van der Waals surface area contributed by atoms with Crippen LogP contribution in [0.25, 0.3) is 0 Å². The third kappa shape index (κ3) is 3.47. The number of hydrogen-bond donors (Lipinski definition) is 1. The van der Waals surface area contributed by atoms with Crippen LogP contribution in [0.2, 0.25) is 0 Å². The Morgan fingerprint density at radius 2 is 1.95 bits per heavy atom. The molecule has 0 saturated carbocycles. The zero-order valence-electron chi connectivity index (χ0n) is 11.5. The molecule has 1 nitrogen and oxygen atoms in total.